The minimum absolute atomic E-state index is 0.127. The molecular weight excluding hydrogens is 433 g/mol. The molecular formula is C24H34OS4. The van der Waals surface area contributed by atoms with Gasteiger partial charge in [0.15, 0.2) is 0 Å². The van der Waals surface area contributed by atoms with Gasteiger partial charge in [-0.1, -0.05) is 20.8 Å². The molecule has 2 aliphatic heterocycles. The number of hydrogen-bond acceptors (Lipinski definition) is 5. The summed E-state index contributed by atoms with van der Waals surface area (Å²) in [5, 5.41) is 0. The molecule has 5 rings (SSSR count). The zero-order valence-corrected chi connectivity index (χ0v) is 21.7. The molecule has 1 aromatic carbocycles. The Morgan fingerprint density at radius 3 is 2.17 bits per heavy atom. The number of benzene rings is 1. The number of rotatable bonds is 2. The number of fused-ring (bicyclic) bond motifs is 3. The number of aryl methyl sites for hydroxylation is 1. The predicted molar refractivity (Wildman–Crippen MR) is 135 cm³/mol. The lowest BCUT2D eigenvalue weighted by Crippen LogP contribution is -2.54. The van der Waals surface area contributed by atoms with Crippen molar-refractivity contribution >= 4 is 47.0 Å². The number of hydrogen-bond donors (Lipinski definition) is 0. The van der Waals surface area contributed by atoms with Gasteiger partial charge in [0.1, 0.15) is 5.75 Å². The predicted octanol–water partition coefficient (Wildman–Crippen LogP) is 7.16. The van der Waals surface area contributed by atoms with Crippen molar-refractivity contribution in [1.29, 1.82) is 0 Å². The van der Waals surface area contributed by atoms with Crippen molar-refractivity contribution in [3.63, 3.8) is 0 Å². The lowest BCUT2D eigenvalue weighted by Gasteiger charge is -2.59. The Morgan fingerprint density at radius 2 is 1.52 bits per heavy atom. The zero-order chi connectivity index (χ0) is 20.5. The van der Waals surface area contributed by atoms with Gasteiger partial charge in [0, 0.05) is 28.6 Å². The van der Waals surface area contributed by atoms with Crippen LogP contribution in [0.15, 0.2) is 12.1 Å². The van der Waals surface area contributed by atoms with Crippen molar-refractivity contribution in [3.8, 4) is 5.75 Å². The van der Waals surface area contributed by atoms with Crippen LogP contribution in [0.4, 0.5) is 0 Å². The molecule has 2 atom stereocenters. The van der Waals surface area contributed by atoms with Crippen LogP contribution in [0, 0.1) is 11.3 Å². The van der Waals surface area contributed by atoms with Gasteiger partial charge in [0.25, 0.3) is 0 Å². The molecule has 4 aliphatic rings. The quantitative estimate of drug-likeness (QED) is 0.456. The van der Waals surface area contributed by atoms with E-state index in [4.69, 9.17) is 4.74 Å². The van der Waals surface area contributed by atoms with Crippen molar-refractivity contribution in [1.82, 2.24) is 0 Å². The first-order valence-corrected chi connectivity index (χ1v) is 14.9. The first-order valence-electron chi connectivity index (χ1n) is 11.0. The number of thioether (sulfide) groups is 4. The third-order valence-corrected chi connectivity index (χ3v) is 14.7. The SMILES string of the molecule is COc1cc2c(cc1C1(C)SCCS1)C1(C)CC3(CC(C)(C)C1CC2)SCCS3. The Balaban J connectivity index is 1.66. The van der Waals surface area contributed by atoms with Gasteiger partial charge in [0.2, 0.25) is 0 Å². The van der Waals surface area contributed by atoms with E-state index in [2.05, 4.69) is 86.9 Å². The molecule has 0 aromatic heterocycles. The van der Waals surface area contributed by atoms with Crippen LogP contribution >= 0.6 is 47.0 Å². The van der Waals surface area contributed by atoms with E-state index in [-0.39, 0.29) is 9.49 Å². The van der Waals surface area contributed by atoms with Gasteiger partial charge in [-0.15, -0.1) is 47.0 Å². The normalized spacial score (nSPS) is 34.0. The van der Waals surface area contributed by atoms with E-state index in [0.717, 1.165) is 11.7 Å². The molecule has 2 heterocycles. The maximum Gasteiger partial charge on any atom is 0.124 e. The fourth-order valence-corrected chi connectivity index (χ4v) is 13.9. The molecule has 0 N–H and O–H groups in total. The highest BCUT2D eigenvalue weighted by molar-refractivity contribution is 8.21. The summed E-state index contributed by atoms with van der Waals surface area (Å²) in [5.74, 6) is 7.02. The van der Waals surface area contributed by atoms with E-state index in [0.29, 0.717) is 9.49 Å². The molecule has 2 aliphatic carbocycles. The fourth-order valence-electron chi connectivity index (χ4n) is 6.97. The molecule has 0 bridgehead atoms. The summed E-state index contributed by atoms with van der Waals surface area (Å²) in [6, 6.07) is 5.02. The molecule has 2 unspecified atom stereocenters. The van der Waals surface area contributed by atoms with E-state index in [1.807, 2.05) is 7.11 Å². The van der Waals surface area contributed by atoms with Crippen molar-refractivity contribution < 1.29 is 4.74 Å². The van der Waals surface area contributed by atoms with Crippen LogP contribution in [0.1, 0.15) is 63.6 Å². The van der Waals surface area contributed by atoms with Gasteiger partial charge in [-0.25, -0.2) is 0 Å². The van der Waals surface area contributed by atoms with Gasteiger partial charge in [0.05, 0.1) is 15.3 Å². The molecule has 1 aromatic rings. The van der Waals surface area contributed by atoms with Gasteiger partial charge in [-0.05, 0) is 72.6 Å². The molecule has 0 amide bonds. The third-order valence-electron chi connectivity index (χ3n) is 7.96. The number of methoxy groups -OCH3 is 1. The van der Waals surface area contributed by atoms with E-state index in [1.54, 1.807) is 11.1 Å². The second-order valence-electron chi connectivity index (χ2n) is 10.3. The molecule has 5 heteroatoms. The first-order chi connectivity index (χ1) is 13.7. The smallest absolute Gasteiger partial charge is 0.124 e. The molecule has 1 spiro atoms. The summed E-state index contributed by atoms with van der Waals surface area (Å²) in [7, 11) is 1.86. The van der Waals surface area contributed by atoms with Crippen LogP contribution in [-0.2, 0) is 15.9 Å². The van der Waals surface area contributed by atoms with Crippen molar-refractivity contribution in [2.45, 2.75) is 67.0 Å². The molecule has 1 saturated carbocycles. The average molecular weight is 467 g/mol. The van der Waals surface area contributed by atoms with Crippen LogP contribution in [0.25, 0.3) is 0 Å². The zero-order valence-electron chi connectivity index (χ0n) is 18.4. The number of ether oxygens (including phenoxy) is 1. The standard InChI is InChI=1S/C24H34OS4/c1-21(2)14-24(28-10-11-29-24)15-22(3)17-13-18(23(4)26-8-9-27-23)19(25-5)12-16(17)6-7-20(21)22/h12-13,20H,6-11,14-15H2,1-5H3. The highest BCUT2D eigenvalue weighted by Crippen LogP contribution is 2.67. The summed E-state index contributed by atoms with van der Waals surface area (Å²) in [6.07, 6.45) is 5.24. The van der Waals surface area contributed by atoms with Crippen molar-refractivity contribution in [2.75, 3.05) is 30.1 Å². The van der Waals surface area contributed by atoms with Crippen LogP contribution in [0.3, 0.4) is 0 Å². The minimum atomic E-state index is 0.127. The van der Waals surface area contributed by atoms with E-state index in [1.165, 1.54) is 54.3 Å². The first kappa shape index (κ1) is 21.3. The second kappa shape index (κ2) is 7.22. The van der Waals surface area contributed by atoms with Crippen LogP contribution < -0.4 is 4.74 Å². The van der Waals surface area contributed by atoms with Gasteiger partial charge in [-0.3, -0.25) is 0 Å². The summed E-state index contributed by atoms with van der Waals surface area (Å²) in [4.78, 5) is 0. The van der Waals surface area contributed by atoms with Crippen molar-refractivity contribution in [3.05, 3.63) is 28.8 Å². The molecule has 1 nitrogen and oxygen atoms in total. The maximum atomic E-state index is 5.96. The van der Waals surface area contributed by atoms with Crippen LogP contribution in [0.5, 0.6) is 5.75 Å². The molecule has 160 valence electrons. The Hall–Kier alpha value is 0.420. The molecule has 3 fully saturated rings. The topological polar surface area (TPSA) is 9.23 Å². The lowest BCUT2D eigenvalue weighted by molar-refractivity contribution is 0.0384. The van der Waals surface area contributed by atoms with Crippen LogP contribution in [0.2, 0.25) is 0 Å². The van der Waals surface area contributed by atoms with Gasteiger partial charge < -0.3 is 4.74 Å². The van der Waals surface area contributed by atoms with Gasteiger partial charge in [-0.2, -0.15) is 0 Å². The van der Waals surface area contributed by atoms with Crippen molar-refractivity contribution in [2.24, 2.45) is 11.3 Å². The highest BCUT2D eigenvalue weighted by atomic mass is 32.2. The van der Waals surface area contributed by atoms with E-state index in [9.17, 15) is 0 Å². The largest absolute Gasteiger partial charge is 0.496 e. The molecule has 2 saturated heterocycles. The Labute approximate surface area is 194 Å². The van der Waals surface area contributed by atoms with Gasteiger partial charge >= 0.3 is 0 Å². The summed E-state index contributed by atoms with van der Waals surface area (Å²) in [6.45, 7) is 10.2. The average Bonchev–Trinajstić information content (AvgIpc) is 3.29. The minimum Gasteiger partial charge on any atom is -0.496 e. The molecule has 29 heavy (non-hydrogen) atoms. The Morgan fingerprint density at radius 1 is 0.862 bits per heavy atom. The second-order valence-corrected chi connectivity index (χ2v) is 16.8. The highest BCUT2D eigenvalue weighted by Gasteiger charge is 2.59. The Bertz CT molecular complexity index is 807. The monoisotopic (exact) mass is 466 g/mol. The van der Waals surface area contributed by atoms with E-state index < -0.39 is 0 Å². The summed E-state index contributed by atoms with van der Waals surface area (Å²) < 4.78 is 6.51. The maximum absolute atomic E-state index is 5.96. The lowest BCUT2D eigenvalue weighted by atomic mass is 9.50. The van der Waals surface area contributed by atoms with E-state index >= 15 is 0 Å². The summed E-state index contributed by atoms with van der Waals surface area (Å²) >= 11 is 8.73. The Kier molecular flexibility index (Phi) is 5.29. The summed E-state index contributed by atoms with van der Waals surface area (Å²) in [5.41, 5.74) is 5.30. The third kappa shape index (κ3) is 3.31. The van der Waals surface area contributed by atoms with Crippen LogP contribution in [-0.4, -0.2) is 34.2 Å². The molecule has 0 radical (unpaired) electrons. The fraction of sp³-hybridized carbons (Fsp3) is 0.750.